The third kappa shape index (κ3) is 9.41. The van der Waals surface area contributed by atoms with E-state index >= 15 is 0 Å². The molecular weight excluding hydrogens is 713 g/mol. The molecule has 1 aliphatic rings. The lowest BCUT2D eigenvalue weighted by Crippen LogP contribution is -2.38. The molecule has 0 saturated carbocycles. The summed E-state index contributed by atoms with van der Waals surface area (Å²) < 4.78 is 20.0. The molecule has 5 aromatic carbocycles. The fraction of sp³-hybridized carbons (Fsp3) is 0.222. The van der Waals surface area contributed by atoms with Crippen molar-refractivity contribution in [3.05, 3.63) is 156 Å². The highest BCUT2D eigenvalue weighted by Gasteiger charge is 2.39. The van der Waals surface area contributed by atoms with Crippen LogP contribution in [0.2, 0.25) is 0 Å². The van der Waals surface area contributed by atoms with Gasteiger partial charge in [0.05, 0.1) is 25.2 Å². The highest BCUT2D eigenvalue weighted by molar-refractivity contribution is 7.99. The summed E-state index contributed by atoms with van der Waals surface area (Å²) in [6, 6.07) is 43.9. The number of oxazole rings is 1. The van der Waals surface area contributed by atoms with Crippen molar-refractivity contribution in [3.63, 3.8) is 0 Å². The van der Waals surface area contributed by atoms with Gasteiger partial charge in [-0.25, -0.2) is 4.98 Å². The molecule has 4 atom stereocenters. The van der Waals surface area contributed by atoms with Crippen LogP contribution in [0.4, 0.5) is 0 Å². The molecule has 9 nitrogen and oxygen atoms in total. The minimum absolute atomic E-state index is 0.0357. The fourth-order valence-corrected chi connectivity index (χ4v) is 7.62. The van der Waals surface area contributed by atoms with Crippen LogP contribution in [-0.4, -0.2) is 38.9 Å². The lowest BCUT2D eigenvalue weighted by atomic mass is 9.91. The van der Waals surface area contributed by atoms with Crippen molar-refractivity contribution >= 4 is 23.6 Å². The van der Waals surface area contributed by atoms with Crippen molar-refractivity contribution in [2.24, 2.45) is 5.92 Å². The molecule has 0 bridgehead atoms. The summed E-state index contributed by atoms with van der Waals surface area (Å²) in [7, 11) is 0. The molecule has 55 heavy (non-hydrogen) atoms. The van der Waals surface area contributed by atoms with Crippen LogP contribution in [0.25, 0.3) is 33.7 Å². The monoisotopic (exact) mass is 754 g/mol. The SMILES string of the molecule is CC1C(CSc2nc(-c3ccccc3)c(-c3ccccc3)o2)OC(c2cccc(-c3cccc(CNC(=O)CCC(=O)O)c3)c2)OC1c1ccc(CO)cc1. The maximum absolute atomic E-state index is 12.1. The Kier molecular flexibility index (Phi) is 12.2. The highest BCUT2D eigenvalue weighted by Crippen LogP contribution is 2.44. The van der Waals surface area contributed by atoms with Crippen molar-refractivity contribution < 1.29 is 33.7 Å². The van der Waals surface area contributed by atoms with Crippen LogP contribution in [-0.2, 0) is 32.2 Å². The minimum Gasteiger partial charge on any atom is -0.481 e. The summed E-state index contributed by atoms with van der Waals surface area (Å²) in [5, 5.41) is 21.9. The molecule has 10 heteroatoms. The number of carbonyl (C=O) groups is 2. The van der Waals surface area contributed by atoms with Crippen LogP contribution in [0.1, 0.15) is 54.4 Å². The van der Waals surface area contributed by atoms with Gasteiger partial charge in [-0.1, -0.05) is 140 Å². The van der Waals surface area contributed by atoms with Crippen LogP contribution in [0.3, 0.4) is 0 Å². The first-order chi connectivity index (χ1) is 26.8. The first kappa shape index (κ1) is 37.8. The number of amides is 1. The Labute approximate surface area is 324 Å². The number of hydrogen-bond acceptors (Lipinski definition) is 8. The summed E-state index contributed by atoms with van der Waals surface area (Å²) >= 11 is 1.52. The van der Waals surface area contributed by atoms with Gasteiger partial charge >= 0.3 is 5.97 Å². The minimum atomic E-state index is -1.00. The van der Waals surface area contributed by atoms with Gasteiger partial charge in [0, 0.05) is 41.3 Å². The summed E-state index contributed by atoms with van der Waals surface area (Å²) in [6.45, 7) is 2.39. The van der Waals surface area contributed by atoms with E-state index in [1.807, 2.05) is 127 Å². The molecule has 0 spiro atoms. The average molecular weight is 755 g/mol. The number of nitrogens with zero attached hydrogens (tertiary/aromatic N) is 1. The Balaban J connectivity index is 1.13. The van der Waals surface area contributed by atoms with Gasteiger partial charge in [-0.15, -0.1) is 0 Å². The van der Waals surface area contributed by atoms with Crippen molar-refractivity contribution in [2.45, 2.75) is 56.6 Å². The first-order valence-electron chi connectivity index (χ1n) is 18.3. The normalized spacial score (nSPS) is 18.1. The third-order valence-electron chi connectivity index (χ3n) is 9.66. The second kappa shape index (κ2) is 17.7. The van der Waals surface area contributed by atoms with Gasteiger partial charge < -0.3 is 29.4 Å². The van der Waals surface area contributed by atoms with E-state index in [4.69, 9.17) is 24.0 Å². The zero-order chi connectivity index (χ0) is 38.1. The van der Waals surface area contributed by atoms with Gasteiger partial charge in [0.15, 0.2) is 12.1 Å². The number of carboxylic acids is 1. The molecule has 4 unspecified atom stereocenters. The highest BCUT2D eigenvalue weighted by atomic mass is 32.2. The number of hydrogen-bond donors (Lipinski definition) is 3. The summed E-state index contributed by atoms with van der Waals surface area (Å²) in [4.78, 5) is 28.0. The predicted molar refractivity (Wildman–Crippen MR) is 212 cm³/mol. The van der Waals surface area contributed by atoms with E-state index in [0.29, 0.717) is 17.5 Å². The molecule has 1 aromatic heterocycles. The molecule has 2 heterocycles. The first-order valence-corrected chi connectivity index (χ1v) is 19.3. The molecule has 1 saturated heterocycles. The third-order valence-corrected chi connectivity index (χ3v) is 10.6. The molecule has 1 amide bonds. The van der Waals surface area contributed by atoms with E-state index in [9.17, 15) is 14.7 Å². The van der Waals surface area contributed by atoms with Gasteiger partial charge in [-0.05, 0) is 39.9 Å². The Bertz CT molecular complexity index is 2150. The molecule has 3 N–H and O–H groups in total. The topological polar surface area (TPSA) is 131 Å². The zero-order valence-electron chi connectivity index (χ0n) is 30.3. The van der Waals surface area contributed by atoms with Gasteiger partial charge in [0.25, 0.3) is 5.22 Å². The largest absolute Gasteiger partial charge is 0.481 e. The Morgan fingerprint density at radius 3 is 2.11 bits per heavy atom. The number of nitrogens with one attached hydrogen (secondary N) is 1. The number of ether oxygens (including phenoxy) is 2. The summed E-state index contributed by atoms with van der Waals surface area (Å²) in [6.07, 6.45) is -1.48. The standard InChI is InChI=1S/C45H42N2O7S/c1-29-38(28-55-45-47-41(32-11-4-2-5-12-32)43(54-45)33-13-6-3-7-14-33)52-44(53-42(29)34-20-18-30(27-48)19-21-34)37-17-9-16-36(25-37)35-15-8-10-31(24-35)26-46-39(49)22-23-40(50)51/h2-21,24-25,29,38,42,44,48H,22-23,26-28H2,1H3,(H,46,49)(H,50,51). The summed E-state index contributed by atoms with van der Waals surface area (Å²) in [5.74, 6) is -0.0598. The van der Waals surface area contributed by atoms with Crippen LogP contribution in [0.5, 0.6) is 0 Å². The van der Waals surface area contributed by atoms with E-state index < -0.39 is 12.3 Å². The number of aliphatic carboxylic acids is 1. The van der Waals surface area contributed by atoms with Crippen LogP contribution < -0.4 is 5.32 Å². The maximum Gasteiger partial charge on any atom is 0.303 e. The quantitative estimate of drug-likeness (QED) is 0.0932. The zero-order valence-corrected chi connectivity index (χ0v) is 31.2. The molecule has 7 rings (SSSR count). The predicted octanol–water partition coefficient (Wildman–Crippen LogP) is 9.23. The molecule has 1 fully saturated rings. The van der Waals surface area contributed by atoms with E-state index in [2.05, 4.69) is 18.3 Å². The number of rotatable bonds is 14. The van der Waals surface area contributed by atoms with Crippen molar-refractivity contribution in [1.82, 2.24) is 10.3 Å². The second-order valence-corrected chi connectivity index (χ2v) is 14.5. The molecule has 0 aliphatic carbocycles. The number of benzene rings is 5. The molecule has 6 aromatic rings. The molecule has 0 radical (unpaired) electrons. The number of aromatic nitrogens is 1. The van der Waals surface area contributed by atoms with Crippen molar-refractivity contribution in [1.29, 1.82) is 0 Å². The molecular formula is C45H42N2O7S. The average Bonchev–Trinajstić information content (AvgIpc) is 3.67. The second-order valence-electron chi connectivity index (χ2n) is 13.5. The van der Waals surface area contributed by atoms with Gasteiger partial charge in [0.1, 0.15) is 5.69 Å². The van der Waals surface area contributed by atoms with Gasteiger partial charge in [0.2, 0.25) is 5.91 Å². The lowest BCUT2D eigenvalue weighted by molar-refractivity contribution is -0.268. The maximum atomic E-state index is 12.1. The fourth-order valence-electron chi connectivity index (χ4n) is 6.64. The van der Waals surface area contributed by atoms with Crippen LogP contribution >= 0.6 is 11.8 Å². The number of thioether (sulfide) groups is 1. The number of aliphatic hydroxyl groups excluding tert-OH is 1. The van der Waals surface area contributed by atoms with Crippen LogP contribution in [0.15, 0.2) is 143 Å². The van der Waals surface area contributed by atoms with Crippen molar-refractivity contribution in [3.8, 4) is 33.7 Å². The van der Waals surface area contributed by atoms with Gasteiger partial charge in [-0.3, -0.25) is 9.59 Å². The molecule has 1 aliphatic heterocycles. The number of carbonyl (C=O) groups excluding carboxylic acids is 1. The van der Waals surface area contributed by atoms with E-state index in [1.54, 1.807) is 0 Å². The molecule has 280 valence electrons. The van der Waals surface area contributed by atoms with E-state index in [0.717, 1.165) is 56.0 Å². The van der Waals surface area contributed by atoms with E-state index in [1.165, 1.54) is 11.8 Å². The van der Waals surface area contributed by atoms with E-state index in [-0.39, 0.29) is 43.5 Å². The van der Waals surface area contributed by atoms with Gasteiger partial charge in [-0.2, -0.15) is 0 Å². The Morgan fingerprint density at radius 2 is 1.40 bits per heavy atom. The van der Waals surface area contributed by atoms with Crippen LogP contribution in [0, 0.1) is 5.92 Å². The summed E-state index contributed by atoms with van der Waals surface area (Å²) in [5.41, 5.74) is 8.21. The smallest absolute Gasteiger partial charge is 0.303 e. The Morgan fingerprint density at radius 1 is 0.727 bits per heavy atom. The Hall–Kier alpha value is -5.52. The lowest BCUT2D eigenvalue weighted by Gasteiger charge is -2.41. The van der Waals surface area contributed by atoms with Crippen molar-refractivity contribution in [2.75, 3.05) is 5.75 Å². The number of aliphatic hydroxyl groups is 1. The number of carboxylic acid groups (broad SMARTS) is 1.